The van der Waals surface area contributed by atoms with Crippen molar-refractivity contribution in [1.29, 1.82) is 0 Å². The molecule has 13 heteroatoms. The van der Waals surface area contributed by atoms with E-state index in [0.29, 0.717) is 6.07 Å². The first kappa shape index (κ1) is 22.7. The average Bonchev–Trinajstić information content (AvgIpc) is 3.30. The van der Waals surface area contributed by atoms with Gasteiger partial charge in [-0.1, -0.05) is 34.4 Å². The topological polar surface area (TPSA) is 105 Å². The summed E-state index contributed by atoms with van der Waals surface area (Å²) in [6.07, 6.45) is -4.31. The molecular formula is C20H11Cl2F4N3O4. The molecule has 3 N–H and O–H groups in total. The Hall–Kier alpha value is -3.44. The highest BCUT2D eigenvalue weighted by Crippen LogP contribution is 2.47. The fourth-order valence-corrected chi connectivity index (χ4v) is 3.71. The minimum absolute atomic E-state index is 0.0294. The molecule has 0 aliphatic heterocycles. The van der Waals surface area contributed by atoms with Crippen molar-refractivity contribution in [2.45, 2.75) is 13.1 Å². The largest absolute Gasteiger partial charge is 0.506 e. The number of aromatic nitrogens is 3. The Morgan fingerprint density at radius 2 is 1.79 bits per heavy atom. The van der Waals surface area contributed by atoms with E-state index in [0.717, 1.165) is 12.3 Å². The Bertz CT molecular complexity index is 1380. The molecule has 0 radical (unpaired) electrons. The molecule has 0 bridgehead atoms. The van der Waals surface area contributed by atoms with Crippen molar-refractivity contribution < 1.29 is 37.4 Å². The van der Waals surface area contributed by atoms with Crippen LogP contribution < -0.4 is 0 Å². The van der Waals surface area contributed by atoms with Crippen molar-refractivity contribution in [2.24, 2.45) is 0 Å². The summed E-state index contributed by atoms with van der Waals surface area (Å²) in [7, 11) is 0. The van der Waals surface area contributed by atoms with Gasteiger partial charge < -0.3 is 19.8 Å². The van der Waals surface area contributed by atoms with Crippen molar-refractivity contribution in [1.82, 2.24) is 14.9 Å². The zero-order valence-electron chi connectivity index (χ0n) is 16.2. The van der Waals surface area contributed by atoms with Crippen LogP contribution in [0.4, 0.5) is 17.6 Å². The predicted octanol–water partition coefficient (Wildman–Crippen LogP) is 6.08. The Morgan fingerprint density at radius 3 is 2.42 bits per heavy atom. The first-order chi connectivity index (χ1) is 15.4. The lowest BCUT2D eigenvalue weighted by Gasteiger charge is -2.15. The number of aromatic hydroxyl groups is 3. The second-order valence-corrected chi connectivity index (χ2v) is 7.61. The van der Waals surface area contributed by atoms with E-state index in [2.05, 4.69) is 10.3 Å². The standard InChI is InChI=1S/C20H11Cl2F4N3O4/c1-7-15(13-9(21)3-2-4-10(13)23)28-33-18(7)8-6-27-29(19(8)20(24,25)26)16-12(31)5-11(30)14(22)17(16)32/h2-6,30-32H,1H3. The van der Waals surface area contributed by atoms with Crippen LogP contribution in [0.1, 0.15) is 11.3 Å². The Labute approximate surface area is 192 Å². The molecular weight excluding hydrogens is 493 g/mol. The number of nitrogens with zero attached hydrogens (tertiary/aromatic N) is 3. The van der Waals surface area contributed by atoms with Gasteiger partial charge in [0.15, 0.2) is 22.9 Å². The lowest BCUT2D eigenvalue weighted by molar-refractivity contribution is -0.142. The van der Waals surface area contributed by atoms with Crippen LogP contribution >= 0.6 is 23.2 Å². The molecule has 7 nitrogen and oxygen atoms in total. The van der Waals surface area contributed by atoms with Crippen LogP contribution in [0.5, 0.6) is 17.2 Å². The lowest BCUT2D eigenvalue weighted by Crippen LogP contribution is -2.15. The molecule has 0 fully saturated rings. The highest BCUT2D eigenvalue weighted by atomic mass is 35.5. The molecule has 0 saturated carbocycles. The predicted molar refractivity (Wildman–Crippen MR) is 109 cm³/mol. The summed E-state index contributed by atoms with van der Waals surface area (Å²) >= 11 is 11.7. The van der Waals surface area contributed by atoms with E-state index >= 15 is 0 Å². The van der Waals surface area contributed by atoms with Crippen molar-refractivity contribution in [3.8, 4) is 45.5 Å². The highest BCUT2D eigenvalue weighted by molar-refractivity contribution is 6.34. The molecule has 4 rings (SSSR count). The van der Waals surface area contributed by atoms with Crippen LogP contribution in [0.15, 0.2) is 35.0 Å². The molecule has 0 spiro atoms. The monoisotopic (exact) mass is 503 g/mol. The van der Waals surface area contributed by atoms with Gasteiger partial charge in [0, 0.05) is 11.6 Å². The maximum atomic E-state index is 14.3. The Kier molecular flexibility index (Phi) is 5.41. The van der Waals surface area contributed by atoms with E-state index in [9.17, 15) is 32.9 Å². The summed E-state index contributed by atoms with van der Waals surface area (Å²) in [6.45, 7) is 1.35. The van der Waals surface area contributed by atoms with E-state index in [1.54, 1.807) is 0 Å². The molecule has 0 aliphatic rings. The number of phenolic OH excluding ortho intramolecular Hbond substituents is 3. The molecule has 2 aromatic heterocycles. The number of phenols is 3. The molecule has 0 amide bonds. The maximum Gasteiger partial charge on any atom is 0.434 e. The zero-order valence-corrected chi connectivity index (χ0v) is 17.8. The molecule has 0 saturated heterocycles. The van der Waals surface area contributed by atoms with E-state index in [1.807, 2.05) is 0 Å². The molecule has 2 heterocycles. The average molecular weight is 504 g/mol. The van der Waals surface area contributed by atoms with Gasteiger partial charge in [-0.15, -0.1) is 0 Å². The Balaban J connectivity index is 1.97. The van der Waals surface area contributed by atoms with Gasteiger partial charge in [0.05, 0.1) is 22.3 Å². The maximum absolute atomic E-state index is 14.3. The normalized spacial score (nSPS) is 11.8. The SMILES string of the molecule is Cc1c(-c2c(F)cccc2Cl)noc1-c1cnn(-c2c(O)cc(O)c(Cl)c2O)c1C(F)(F)F. The summed E-state index contributed by atoms with van der Waals surface area (Å²) in [4.78, 5) is 0. The molecule has 33 heavy (non-hydrogen) atoms. The van der Waals surface area contributed by atoms with Gasteiger partial charge in [0.1, 0.15) is 28.0 Å². The van der Waals surface area contributed by atoms with Gasteiger partial charge in [-0.3, -0.25) is 0 Å². The third-order valence-electron chi connectivity index (χ3n) is 4.79. The van der Waals surface area contributed by atoms with Crippen molar-refractivity contribution in [3.05, 3.63) is 57.6 Å². The third kappa shape index (κ3) is 3.62. The van der Waals surface area contributed by atoms with Crippen LogP contribution in [0.3, 0.4) is 0 Å². The first-order valence-electron chi connectivity index (χ1n) is 8.93. The van der Waals surface area contributed by atoms with Crippen LogP contribution in [-0.4, -0.2) is 30.3 Å². The highest BCUT2D eigenvalue weighted by Gasteiger charge is 2.42. The van der Waals surface area contributed by atoms with Gasteiger partial charge in [-0.2, -0.15) is 18.3 Å². The van der Waals surface area contributed by atoms with E-state index < -0.39 is 57.0 Å². The van der Waals surface area contributed by atoms with Gasteiger partial charge in [-0.25, -0.2) is 9.07 Å². The zero-order chi connectivity index (χ0) is 24.2. The Morgan fingerprint density at radius 1 is 1.09 bits per heavy atom. The number of hydrogen-bond acceptors (Lipinski definition) is 6. The van der Waals surface area contributed by atoms with E-state index in [4.69, 9.17) is 27.7 Å². The number of benzene rings is 2. The number of halogens is 6. The van der Waals surface area contributed by atoms with Gasteiger partial charge in [-0.05, 0) is 19.1 Å². The van der Waals surface area contributed by atoms with Gasteiger partial charge in [0.2, 0.25) is 0 Å². The summed E-state index contributed by atoms with van der Waals surface area (Å²) in [6, 6.07) is 4.49. The van der Waals surface area contributed by atoms with Crippen LogP contribution in [0.2, 0.25) is 10.0 Å². The molecule has 4 aromatic rings. The molecule has 0 aliphatic carbocycles. The minimum Gasteiger partial charge on any atom is -0.506 e. The lowest BCUT2D eigenvalue weighted by atomic mass is 10.0. The van der Waals surface area contributed by atoms with E-state index in [1.165, 1.54) is 19.1 Å². The van der Waals surface area contributed by atoms with Gasteiger partial charge >= 0.3 is 6.18 Å². The first-order valence-corrected chi connectivity index (χ1v) is 9.69. The second-order valence-electron chi connectivity index (χ2n) is 6.82. The summed E-state index contributed by atoms with van der Waals surface area (Å²) in [5.41, 5.74) is -3.15. The minimum atomic E-state index is -5.08. The van der Waals surface area contributed by atoms with Crippen LogP contribution in [0.25, 0.3) is 28.3 Å². The van der Waals surface area contributed by atoms with Crippen LogP contribution in [-0.2, 0) is 6.18 Å². The van der Waals surface area contributed by atoms with Crippen molar-refractivity contribution in [2.75, 3.05) is 0 Å². The smallest absolute Gasteiger partial charge is 0.434 e. The quantitative estimate of drug-likeness (QED) is 0.292. The fourth-order valence-electron chi connectivity index (χ4n) is 3.32. The number of hydrogen-bond donors (Lipinski definition) is 3. The molecule has 2 aromatic carbocycles. The third-order valence-corrected chi connectivity index (χ3v) is 5.48. The summed E-state index contributed by atoms with van der Waals surface area (Å²) in [5, 5.41) is 36.5. The molecule has 0 atom stereocenters. The second kappa shape index (κ2) is 7.85. The van der Waals surface area contributed by atoms with Crippen molar-refractivity contribution in [3.63, 3.8) is 0 Å². The fraction of sp³-hybridized carbons (Fsp3) is 0.100. The number of rotatable bonds is 3. The van der Waals surface area contributed by atoms with E-state index in [-0.39, 0.29) is 26.5 Å². The van der Waals surface area contributed by atoms with Crippen LogP contribution in [0, 0.1) is 12.7 Å². The van der Waals surface area contributed by atoms with Gasteiger partial charge in [0.25, 0.3) is 0 Å². The molecule has 172 valence electrons. The summed E-state index contributed by atoms with van der Waals surface area (Å²) < 4.78 is 61.9. The number of alkyl halides is 3. The summed E-state index contributed by atoms with van der Waals surface area (Å²) in [5.74, 6) is -3.88. The van der Waals surface area contributed by atoms with Crippen molar-refractivity contribution >= 4 is 23.2 Å². The molecule has 0 unspecified atom stereocenters.